The number of hydrogen-bond acceptors (Lipinski definition) is 5. The summed E-state index contributed by atoms with van der Waals surface area (Å²) >= 11 is 0. The number of halogens is 1. The molecule has 0 radical (unpaired) electrons. The average Bonchev–Trinajstić information content (AvgIpc) is 3.22. The number of hydrogen-bond donors (Lipinski definition) is 1. The number of methoxy groups -OCH3 is 1. The number of piperidine rings is 1. The van der Waals surface area contributed by atoms with Gasteiger partial charge in [0.15, 0.2) is 0 Å². The lowest BCUT2D eigenvalue weighted by molar-refractivity contribution is -0.158. The lowest BCUT2D eigenvalue weighted by Gasteiger charge is -2.31. The highest BCUT2D eigenvalue weighted by Gasteiger charge is 2.28. The number of rotatable bonds is 2. The number of amides is 3. The van der Waals surface area contributed by atoms with E-state index in [-0.39, 0.29) is 11.9 Å². The van der Waals surface area contributed by atoms with E-state index >= 15 is 0 Å². The van der Waals surface area contributed by atoms with Gasteiger partial charge in [-0.3, -0.25) is 9.78 Å². The number of aromatic nitrogens is 1. The molecule has 0 spiro atoms. The summed E-state index contributed by atoms with van der Waals surface area (Å²) in [6.07, 6.45) is 2.67. The van der Waals surface area contributed by atoms with Crippen molar-refractivity contribution in [2.75, 3.05) is 25.5 Å². The van der Waals surface area contributed by atoms with Crippen LogP contribution in [0.15, 0.2) is 36.5 Å². The fourth-order valence-corrected chi connectivity index (χ4v) is 4.05. The lowest BCUT2D eigenvalue weighted by Crippen LogP contribution is -2.42. The molecule has 1 fully saturated rings. The summed E-state index contributed by atoms with van der Waals surface area (Å²) in [5.41, 5.74) is 3.23. The smallest absolute Gasteiger partial charge is 0.396 e. The first-order chi connectivity index (χ1) is 14.9. The van der Waals surface area contributed by atoms with Crippen molar-refractivity contribution < 1.29 is 23.5 Å². The molecule has 2 aliphatic rings. The van der Waals surface area contributed by atoms with E-state index in [4.69, 9.17) is 0 Å². The molecule has 1 N–H and O–H groups in total. The van der Waals surface area contributed by atoms with Crippen molar-refractivity contribution in [3.63, 3.8) is 0 Å². The van der Waals surface area contributed by atoms with Crippen LogP contribution < -0.4 is 5.32 Å². The molecule has 3 amide bonds. The number of pyridine rings is 1. The van der Waals surface area contributed by atoms with Gasteiger partial charge in [0, 0.05) is 25.3 Å². The van der Waals surface area contributed by atoms with Crippen LogP contribution in [0.5, 0.6) is 0 Å². The summed E-state index contributed by atoms with van der Waals surface area (Å²) in [7, 11) is 1.20. The molecule has 3 heterocycles. The third-order valence-corrected chi connectivity index (χ3v) is 5.79. The van der Waals surface area contributed by atoms with Gasteiger partial charge in [0.2, 0.25) is 0 Å². The van der Waals surface area contributed by atoms with Crippen LogP contribution in [0.3, 0.4) is 0 Å². The van der Waals surface area contributed by atoms with E-state index in [0.29, 0.717) is 37.6 Å². The molecule has 8 nitrogen and oxygen atoms in total. The van der Waals surface area contributed by atoms with E-state index in [1.165, 1.54) is 18.1 Å². The van der Waals surface area contributed by atoms with Crippen LogP contribution in [0.25, 0.3) is 0 Å². The minimum absolute atomic E-state index is 0.263. The van der Waals surface area contributed by atoms with Crippen molar-refractivity contribution in [1.29, 1.82) is 0 Å². The van der Waals surface area contributed by atoms with Gasteiger partial charge in [-0.05, 0) is 48.1 Å². The van der Waals surface area contributed by atoms with Crippen LogP contribution in [0, 0.1) is 5.82 Å². The van der Waals surface area contributed by atoms with Crippen molar-refractivity contribution in [2.24, 2.45) is 0 Å². The number of likely N-dealkylation sites (tertiary alicyclic amines) is 1. The van der Waals surface area contributed by atoms with Crippen molar-refractivity contribution in [3.05, 3.63) is 59.2 Å². The Kier molecular flexibility index (Phi) is 5.83. The fourth-order valence-electron chi connectivity index (χ4n) is 4.05. The molecule has 2 aromatic rings. The van der Waals surface area contributed by atoms with Gasteiger partial charge >= 0.3 is 17.9 Å². The quantitative estimate of drug-likeness (QED) is 0.589. The van der Waals surface area contributed by atoms with Crippen LogP contribution >= 0.6 is 0 Å². The van der Waals surface area contributed by atoms with Gasteiger partial charge in [0.1, 0.15) is 5.82 Å². The Bertz CT molecular complexity index is 1000. The molecular weight excluding hydrogens is 403 g/mol. The van der Waals surface area contributed by atoms with E-state index in [1.807, 2.05) is 24.3 Å². The molecule has 0 atom stereocenters. The minimum atomic E-state index is -0.833. The summed E-state index contributed by atoms with van der Waals surface area (Å²) in [4.78, 5) is 43.0. The highest BCUT2D eigenvalue weighted by atomic mass is 19.1. The molecular formula is C22H23FN4O4. The molecule has 31 heavy (non-hydrogen) atoms. The Morgan fingerprint density at radius 3 is 2.48 bits per heavy atom. The minimum Gasteiger partial charge on any atom is -0.462 e. The predicted octanol–water partition coefficient (Wildman–Crippen LogP) is 2.65. The number of fused-ring (bicyclic) bond motifs is 1. The largest absolute Gasteiger partial charge is 0.462 e. The zero-order valence-electron chi connectivity index (χ0n) is 17.1. The highest BCUT2D eigenvalue weighted by molar-refractivity contribution is 6.32. The average molecular weight is 426 g/mol. The lowest BCUT2D eigenvalue weighted by atomic mass is 9.89. The van der Waals surface area contributed by atoms with Crippen molar-refractivity contribution in [2.45, 2.75) is 31.8 Å². The maximum absolute atomic E-state index is 13.3. The zero-order chi connectivity index (χ0) is 22.0. The molecule has 2 aliphatic heterocycles. The number of carbonyl (C=O) groups excluding carboxylic acids is 3. The third kappa shape index (κ3) is 4.50. The standard InChI is InChI=1S/C22H23FN4O4/c1-31-21(29)20(28)26-8-6-15(7-9-26)14-2-4-18(5-3-14)25-22(30)27-12-16-10-17(23)11-24-19(16)13-27/h2-5,10-11,15H,6-9,12-13H2,1H3,(H,25,30). The van der Waals surface area contributed by atoms with Gasteiger partial charge in [-0.2, -0.15) is 0 Å². The topological polar surface area (TPSA) is 91.8 Å². The Labute approximate surface area is 179 Å². The van der Waals surface area contributed by atoms with Crippen molar-refractivity contribution in [3.8, 4) is 0 Å². The predicted molar refractivity (Wildman–Crippen MR) is 109 cm³/mol. The molecule has 0 saturated carbocycles. The number of nitrogens with zero attached hydrogens (tertiary/aromatic N) is 3. The molecule has 0 aliphatic carbocycles. The molecule has 4 rings (SSSR count). The molecule has 0 unspecified atom stereocenters. The number of benzene rings is 1. The number of ether oxygens (including phenoxy) is 1. The molecule has 0 bridgehead atoms. The summed E-state index contributed by atoms with van der Waals surface area (Å²) in [5, 5.41) is 2.87. The number of esters is 1. The SMILES string of the molecule is COC(=O)C(=O)N1CCC(c2ccc(NC(=O)N3Cc4cc(F)cnc4C3)cc2)CC1. The molecule has 9 heteroatoms. The van der Waals surface area contributed by atoms with Gasteiger partial charge in [0.05, 0.1) is 25.5 Å². The first kappa shape index (κ1) is 20.8. The van der Waals surface area contributed by atoms with Crippen LogP contribution in [0.4, 0.5) is 14.9 Å². The Balaban J connectivity index is 1.31. The van der Waals surface area contributed by atoms with Crippen LogP contribution in [-0.4, -0.2) is 52.9 Å². The normalized spacial score (nSPS) is 16.1. The molecule has 1 saturated heterocycles. The second kappa shape index (κ2) is 8.71. The van der Waals surface area contributed by atoms with Crippen LogP contribution in [-0.2, 0) is 27.4 Å². The number of urea groups is 1. The summed E-state index contributed by atoms with van der Waals surface area (Å²) < 4.78 is 17.8. The first-order valence-electron chi connectivity index (χ1n) is 10.1. The van der Waals surface area contributed by atoms with Gasteiger partial charge in [-0.1, -0.05) is 12.1 Å². The summed E-state index contributed by atoms with van der Waals surface area (Å²) in [6, 6.07) is 8.78. The van der Waals surface area contributed by atoms with E-state index in [1.54, 1.807) is 4.90 Å². The molecule has 162 valence electrons. The van der Waals surface area contributed by atoms with Crippen LogP contribution in [0.1, 0.15) is 35.6 Å². The molecule has 1 aromatic carbocycles. The first-order valence-corrected chi connectivity index (χ1v) is 10.1. The van der Waals surface area contributed by atoms with Crippen molar-refractivity contribution in [1.82, 2.24) is 14.8 Å². The second-order valence-corrected chi connectivity index (χ2v) is 7.73. The van der Waals surface area contributed by atoms with Gasteiger partial charge in [0.25, 0.3) is 0 Å². The number of carbonyl (C=O) groups is 3. The van der Waals surface area contributed by atoms with E-state index < -0.39 is 17.7 Å². The summed E-state index contributed by atoms with van der Waals surface area (Å²) in [6.45, 7) is 1.68. The summed E-state index contributed by atoms with van der Waals surface area (Å²) in [5.74, 6) is -1.56. The Morgan fingerprint density at radius 2 is 1.81 bits per heavy atom. The Hall–Kier alpha value is -3.49. The van der Waals surface area contributed by atoms with Gasteiger partial charge in [-0.15, -0.1) is 0 Å². The van der Waals surface area contributed by atoms with Gasteiger partial charge in [-0.25, -0.2) is 14.0 Å². The Morgan fingerprint density at radius 1 is 1.10 bits per heavy atom. The van der Waals surface area contributed by atoms with E-state index in [9.17, 15) is 18.8 Å². The maximum Gasteiger partial charge on any atom is 0.396 e. The molecule has 1 aromatic heterocycles. The monoisotopic (exact) mass is 426 g/mol. The zero-order valence-corrected chi connectivity index (χ0v) is 17.1. The van der Waals surface area contributed by atoms with E-state index in [0.717, 1.165) is 30.2 Å². The maximum atomic E-state index is 13.3. The van der Waals surface area contributed by atoms with Crippen molar-refractivity contribution >= 4 is 23.6 Å². The number of nitrogens with one attached hydrogen (secondary N) is 1. The fraction of sp³-hybridized carbons (Fsp3) is 0.364. The van der Waals surface area contributed by atoms with E-state index in [2.05, 4.69) is 15.0 Å². The third-order valence-electron chi connectivity index (χ3n) is 5.79. The van der Waals surface area contributed by atoms with Gasteiger partial charge < -0.3 is 19.9 Å². The number of anilines is 1. The van der Waals surface area contributed by atoms with Crippen LogP contribution in [0.2, 0.25) is 0 Å². The highest BCUT2D eigenvalue weighted by Crippen LogP contribution is 2.29. The second-order valence-electron chi connectivity index (χ2n) is 7.73.